The molecule has 1 unspecified atom stereocenters. The zero-order valence-electron chi connectivity index (χ0n) is 21.2. The van der Waals surface area contributed by atoms with Crippen molar-refractivity contribution < 1.29 is 41.5 Å². The molecule has 0 heterocycles. The summed E-state index contributed by atoms with van der Waals surface area (Å²) in [5.41, 5.74) is -4.01. The van der Waals surface area contributed by atoms with Gasteiger partial charge in [-0.05, 0) is 82.0 Å². The summed E-state index contributed by atoms with van der Waals surface area (Å²) in [6.07, 6.45) is -6.13. The fraction of sp³-hybridized carbons (Fsp3) is 0.480. The van der Waals surface area contributed by atoms with Crippen LogP contribution >= 0.6 is 0 Å². The average molecular weight is 534 g/mol. The van der Waals surface area contributed by atoms with E-state index in [1.54, 1.807) is 26.0 Å². The lowest BCUT2D eigenvalue weighted by molar-refractivity contribution is -0.149. The SMILES string of the molecule is CCOC(=O)C[C@](O)(N[S+]([O-])C(C)(C)C)c1cc(-c2c(C)ccc(OC)c2C)cc(C(F)(F)F)c1F. The van der Waals surface area contributed by atoms with Gasteiger partial charge < -0.3 is 19.1 Å². The van der Waals surface area contributed by atoms with Crippen LogP contribution in [0.15, 0.2) is 24.3 Å². The maximum Gasteiger partial charge on any atom is 0.419 e. The molecule has 0 amide bonds. The van der Waals surface area contributed by atoms with E-state index in [-0.39, 0.29) is 12.2 Å². The van der Waals surface area contributed by atoms with Crippen LogP contribution in [0.25, 0.3) is 11.1 Å². The zero-order valence-corrected chi connectivity index (χ0v) is 22.0. The average Bonchev–Trinajstić information content (AvgIpc) is 2.73. The number of ether oxygens (including phenoxy) is 2. The fourth-order valence-corrected chi connectivity index (χ4v) is 4.48. The van der Waals surface area contributed by atoms with E-state index in [1.807, 2.05) is 0 Å². The summed E-state index contributed by atoms with van der Waals surface area (Å²) in [5, 5.41) is 11.5. The predicted molar refractivity (Wildman–Crippen MR) is 129 cm³/mol. The Bertz CT molecular complexity index is 1120. The Labute approximate surface area is 211 Å². The molecule has 0 spiro atoms. The van der Waals surface area contributed by atoms with E-state index in [0.717, 1.165) is 6.07 Å². The minimum absolute atomic E-state index is 0.0711. The molecule has 200 valence electrons. The number of aryl methyl sites for hydroxylation is 1. The highest BCUT2D eigenvalue weighted by Crippen LogP contribution is 2.42. The van der Waals surface area contributed by atoms with Crippen LogP contribution in [0.1, 0.15) is 56.4 Å². The van der Waals surface area contributed by atoms with E-state index >= 15 is 4.39 Å². The van der Waals surface area contributed by atoms with Crippen molar-refractivity contribution in [1.29, 1.82) is 0 Å². The first-order valence-electron chi connectivity index (χ1n) is 11.1. The van der Waals surface area contributed by atoms with Gasteiger partial charge in [-0.3, -0.25) is 4.79 Å². The number of carbonyl (C=O) groups excluding carboxylic acids is 1. The second-order valence-electron chi connectivity index (χ2n) is 9.29. The molecular formula is C25H31F4NO5S. The summed E-state index contributed by atoms with van der Waals surface area (Å²) >= 11 is -2.10. The molecule has 0 fully saturated rings. The number of carbonyl (C=O) groups is 1. The second kappa shape index (κ2) is 11.0. The summed E-state index contributed by atoms with van der Waals surface area (Å²) in [5.74, 6) is -2.43. The van der Waals surface area contributed by atoms with Crippen molar-refractivity contribution in [3.05, 3.63) is 52.3 Å². The molecule has 0 radical (unpaired) electrons. The normalized spacial score (nSPS) is 14.8. The molecule has 11 heteroatoms. The van der Waals surface area contributed by atoms with Crippen LogP contribution in [0.5, 0.6) is 5.75 Å². The Balaban J connectivity index is 2.92. The van der Waals surface area contributed by atoms with Crippen molar-refractivity contribution in [3.63, 3.8) is 0 Å². The van der Waals surface area contributed by atoms with Crippen LogP contribution in [0.4, 0.5) is 17.6 Å². The largest absolute Gasteiger partial charge is 0.598 e. The third-order valence-corrected chi connectivity index (χ3v) is 7.11. The van der Waals surface area contributed by atoms with Crippen molar-refractivity contribution in [2.75, 3.05) is 13.7 Å². The third kappa shape index (κ3) is 6.50. The molecule has 2 aromatic rings. The number of hydrogen-bond donors (Lipinski definition) is 2. The van der Waals surface area contributed by atoms with Crippen LogP contribution < -0.4 is 9.46 Å². The zero-order chi connectivity index (χ0) is 27.6. The number of halogens is 4. The smallest absolute Gasteiger partial charge is 0.419 e. The Kier molecular flexibility index (Phi) is 9.10. The van der Waals surface area contributed by atoms with Gasteiger partial charge in [-0.25, -0.2) is 4.39 Å². The molecule has 0 saturated heterocycles. The van der Waals surface area contributed by atoms with Crippen LogP contribution in [0.3, 0.4) is 0 Å². The lowest BCUT2D eigenvalue weighted by atomic mass is 9.88. The van der Waals surface area contributed by atoms with Crippen molar-refractivity contribution >= 4 is 17.3 Å². The number of methoxy groups -OCH3 is 1. The Morgan fingerprint density at radius 2 is 1.72 bits per heavy atom. The molecule has 36 heavy (non-hydrogen) atoms. The number of benzene rings is 2. The van der Waals surface area contributed by atoms with Crippen molar-refractivity contribution in [2.45, 2.75) is 64.6 Å². The Morgan fingerprint density at radius 1 is 1.14 bits per heavy atom. The van der Waals surface area contributed by atoms with Gasteiger partial charge in [0.2, 0.25) is 0 Å². The summed E-state index contributed by atoms with van der Waals surface area (Å²) < 4.78 is 81.7. The fourth-order valence-electron chi connectivity index (χ4n) is 3.68. The highest BCUT2D eigenvalue weighted by Gasteiger charge is 2.46. The first kappa shape index (κ1) is 29.9. The lowest BCUT2D eigenvalue weighted by Crippen LogP contribution is -2.53. The lowest BCUT2D eigenvalue weighted by Gasteiger charge is -2.34. The summed E-state index contributed by atoms with van der Waals surface area (Å²) in [6, 6.07) is 4.94. The molecule has 6 nitrogen and oxygen atoms in total. The van der Waals surface area contributed by atoms with Gasteiger partial charge in [-0.1, -0.05) is 6.07 Å². The van der Waals surface area contributed by atoms with Gasteiger partial charge in [-0.2, -0.15) is 13.2 Å². The maximum atomic E-state index is 15.5. The molecule has 0 aliphatic rings. The van der Waals surface area contributed by atoms with Gasteiger partial charge in [0.25, 0.3) is 0 Å². The van der Waals surface area contributed by atoms with Gasteiger partial charge in [0.15, 0.2) is 5.72 Å². The Morgan fingerprint density at radius 3 is 2.22 bits per heavy atom. The van der Waals surface area contributed by atoms with Gasteiger partial charge in [-0.15, -0.1) is 4.72 Å². The minimum Gasteiger partial charge on any atom is -0.598 e. The van der Waals surface area contributed by atoms with Crippen LogP contribution in [-0.2, 0) is 32.8 Å². The van der Waals surface area contributed by atoms with E-state index in [4.69, 9.17) is 9.47 Å². The monoisotopic (exact) mass is 533 g/mol. The predicted octanol–water partition coefficient (Wildman–Crippen LogP) is 5.29. The second-order valence-corrected chi connectivity index (χ2v) is 11.3. The standard InChI is InChI=1S/C25H31F4NO5S/c1-8-35-20(31)13-24(32,30-36(33)23(4,5)6)17-11-16(12-18(22(17)26)25(27,28)29)21-14(2)9-10-19(34-7)15(21)3/h9-12,30,32H,8,13H2,1-7H3/t24-,36?/m1/s1. The summed E-state index contributed by atoms with van der Waals surface area (Å²) in [7, 11) is 1.41. The van der Waals surface area contributed by atoms with Crippen LogP contribution in [-0.4, -0.2) is 34.1 Å². The molecular weight excluding hydrogens is 502 g/mol. The molecule has 0 aliphatic heterocycles. The van der Waals surface area contributed by atoms with Crippen LogP contribution in [0.2, 0.25) is 0 Å². The van der Waals surface area contributed by atoms with Gasteiger partial charge >= 0.3 is 12.1 Å². The van der Waals surface area contributed by atoms with Gasteiger partial charge in [0, 0.05) is 16.9 Å². The van der Waals surface area contributed by atoms with E-state index in [2.05, 4.69) is 4.72 Å². The Hall–Kier alpha value is -2.34. The topological polar surface area (TPSA) is 90.9 Å². The molecule has 0 aliphatic carbocycles. The van der Waals surface area contributed by atoms with Crippen molar-refractivity contribution in [1.82, 2.24) is 4.72 Å². The van der Waals surface area contributed by atoms with E-state index < -0.39 is 57.3 Å². The maximum absolute atomic E-state index is 15.5. The number of esters is 1. The first-order chi connectivity index (χ1) is 16.5. The van der Waals surface area contributed by atoms with E-state index in [1.165, 1.54) is 34.8 Å². The molecule has 2 N–H and O–H groups in total. The third-order valence-electron chi connectivity index (χ3n) is 5.48. The highest BCUT2D eigenvalue weighted by atomic mass is 32.2. The number of alkyl halides is 3. The number of aliphatic hydroxyl groups is 1. The van der Waals surface area contributed by atoms with Gasteiger partial charge in [0.1, 0.15) is 16.3 Å². The molecule has 0 saturated carbocycles. The highest BCUT2D eigenvalue weighted by molar-refractivity contribution is 7.90. The van der Waals surface area contributed by atoms with Gasteiger partial charge in [0.05, 0.1) is 25.7 Å². The van der Waals surface area contributed by atoms with Crippen molar-refractivity contribution in [3.8, 4) is 16.9 Å². The van der Waals surface area contributed by atoms with Crippen molar-refractivity contribution in [2.24, 2.45) is 0 Å². The molecule has 2 rings (SSSR count). The van der Waals surface area contributed by atoms with E-state index in [9.17, 15) is 27.6 Å². The summed E-state index contributed by atoms with van der Waals surface area (Å²) in [6.45, 7) is 9.32. The summed E-state index contributed by atoms with van der Waals surface area (Å²) in [4.78, 5) is 12.3. The minimum atomic E-state index is -5.14. The number of rotatable bonds is 8. The quantitative estimate of drug-likeness (QED) is 0.208. The first-order valence-corrected chi connectivity index (χ1v) is 12.2. The number of hydrogen-bond acceptors (Lipinski definition) is 6. The number of nitrogens with one attached hydrogen (secondary N) is 1. The van der Waals surface area contributed by atoms with E-state index in [0.29, 0.717) is 28.5 Å². The molecule has 0 bridgehead atoms. The molecule has 2 aromatic carbocycles. The van der Waals surface area contributed by atoms with Crippen LogP contribution in [0, 0.1) is 19.7 Å². The molecule has 0 aromatic heterocycles. The molecule has 2 atom stereocenters.